The van der Waals surface area contributed by atoms with Gasteiger partial charge in [-0.2, -0.15) is 4.72 Å². The fourth-order valence-electron chi connectivity index (χ4n) is 2.23. The number of ether oxygens (including phenoxy) is 1. The number of hydrogen-bond acceptors (Lipinski definition) is 5. The highest BCUT2D eigenvalue weighted by Crippen LogP contribution is 2.17. The van der Waals surface area contributed by atoms with Crippen LogP contribution in [0.25, 0.3) is 0 Å². The average molecular weight is 415 g/mol. The van der Waals surface area contributed by atoms with E-state index in [9.17, 15) is 18.0 Å². The molecule has 0 spiro atoms. The summed E-state index contributed by atoms with van der Waals surface area (Å²) in [6, 6.07) is 12.7. The van der Waals surface area contributed by atoms with Gasteiger partial charge in [-0.25, -0.2) is 8.42 Å². The molecule has 0 saturated heterocycles. The molecule has 0 bridgehead atoms. The van der Waals surface area contributed by atoms with E-state index in [4.69, 9.17) is 4.74 Å². The van der Waals surface area contributed by atoms with Crippen molar-refractivity contribution in [1.82, 2.24) is 4.72 Å². The van der Waals surface area contributed by atoms with Crippen LogP contribution in [0.15, 0.2) is 53.4 Å². The second-order valence-corrected chi connectivity index (χ2v) is 7.65. The van der Waals surface area contributed by atoms with Crippen molar-refractivity contribution in [3.63, 3.8) is 0 Å². The number of hydrogen-bond donors (Lipinski definition) is 3. The van der Waals surface area contributed by atoms with E-state index in [-0.39, 0.29) is 29.9 Å². The van der Waals surface area contributed by atoms with Gasteiger partial charge in [-0.3, -0.25) is 9.59 Å². The van der Waals surface area contributed by atoms with Crippen molar-refractivity contribution < 1.29 is 22.7 Å². The molecule has 0 aliphatic heterocycles. The molecular weight excluding hydrogens is 394 g/mol. The largest absolute Gasteiger partial charge is 0.481 e. The maximum atomic E-state index is 12.2. The Morgan fingerprint density at radius 1 is 0.931 bits per heavy atom. The van der Waals surface area contributed by atoms with Crippen LogP contribution < -0.4 is 20.1 Å². The van der Waals surface area contributed by atoms with Gasteiger partial charge >= 0.3 is 0 Å². The Labute approximate surface area is 169 Å². The van der Waals surface area contributed by atoms with Gasteiger partial charge in [0.1, 0.15) is 12.4 Å². The number of carbonyl (C=O) groups excluding carboxylic acids is 2. The third kappa shape index (κ3) is 7.65. The van der Waals surface area contributed by atoms with Gasteiger partial charge < -0.3 is 15.4 Å². The third-order valence-electron chi connectivity index (χ3n) is 3.43. The predicted molar refractivity (Wildman–Crippen MR) is 110 cm³/mol. The first-order valence-corrected chi connectivity index (χ1v) is 10.1. The number of anilines is 2. The molecule has 2 aromatic rings. The zero-order valence-corrected chi connectivity index (χ0v) is 16.8. The Balaban J connectivity index is 1.83. The number of rotatable bonds is 7. The lowest BCUT2D eigenvalue weighted by molar-refractivity contribution is -0.115. The zero-order chi connectivity index (χ0) is 21.3. The van der Waals surface area contributed by atoms with Crippen LogP contribution in [0.4, 0.5) is 11.4 Å². The number of benzene rings is 2. The van der Waals surface area contributed by atoms with Gasteiger partial charge in [0, 0.05) is 31.3 Å². The molecule has 0 aromatic heterocycles. The molecule has 0 aliphatic rings. The van der Waals surface area contributed by atoms with Crippen molar-refractivity contribution >= 4 is 33.2 Å². The summed E-state index contributed by atoms with van der Waals surface area (Å²) in [5.41, 5.74) is 1.12. The second-order valence-electron chi connectivity index (χ2n) is 5.88. The van der Waals surface area contributed by atoms with Crippen LogP contribution in [0.1, 0.15) is 13.8 Å². The molecule has 0 radical (unpaired) electrons. The van der Waals surface area contributed by atoms with Crippen LogP contribution in [0.5, 0.6) is 5.75 Å². The SMILES string of the molecule is CC(=O)Nc1ccc(S(=O)(=O)NCC#CCOc2cccc(NC(C)=O)c2)cc1. The fourth-order valence-corrected chi connectivity index (χ4v) is 3.16. The molecule has 0 aliphatic carbocycles. The van der Waals surface area contributed by atoms with Gasteiger partial charge in [0.25, 0.3) is 0 Å². The van der Waals surface area contributed by atoms with Crippen molar-refractivity contribution in [2.75, 3.05) is 23.8 Å². The molecule has 152 valence electrons. The minimum atomic E-state index is -3.71. The van der Waals surface area contributed by atoms with E-state index in [0.29, 0.717) is 17.1 Å². The lowest BCUT2D eigenvalue weighted by Crippen LogP contribution is -2.24. The molecule has 0 saturated carbocycles. The Morgan fingerprint density at radius 2 is 1.59 bits per heavy atom. The first-order valence-electron chi connectivity index (χ1n) is 8.60. The van der Waals surface area contributed by atoms with Crippen molar-refractivity contribution in [2.24, 2.45) is 0 Å². The van der Waals surface area contributed by atoms with Gasteiger partial charge in [0.05, 0.1) is 11.4 Å². The minimum Gasteiger partial charge on any atom is -0.481 e. The van der Waals surface area contributed by atoms with E-state index >= 15 is 0 Å². The highest BCUT2D eigenvalue weighted by molar-refractivity contribution is 7.89. The molecule has 29 heavy (non-hydrogen) atoms. The van der Waals surface area contributed by atoms with E-state index in [1.54, 1.807) is 24.3 Å². The smallest absolute Gasteiger partial charge is 0.241 e. The lowest BCUT2D eigenvalue weighted by Gasteiger charge is -2.06. The Hall–Kier alpha value is -3.35. The Morgan fingerprint density at radius 3 is 2.24 bits per heavy atom. The zero-order valence-electron chi connectivity index (χ0n) is 16.0. The predicted octanol–water partition coefficient (Wildman–Crippen LogP) is 1.96. The summed E-state index contributed by atoms with van der Waals surface area (Å²) in [6.07, 6.45) is 0. The second kappa shape index (κ2) is 10.3. The lowest BCUT2D eigenvalue weighted by atomic mass is 10.3. The first kappa shape index (κ1) is 21.9. The number of amides is 2. The topological polar surface area (TPSA) is 114 Å². The van der Waals surface area contributed by atoms with Gasteiger partial charge in [-0.15, -0.1) is 0 Å². The molecule has 2 amide bonds. The fraction of sp³-hybridized carbons (Fsp3) is 0.200. The van der Waals surface area contributed by atoms with Crippen LogP contribution in [0, 0.1) is 11.8 Å². The number of carbonyl (C=O) groups is 2. The minimum absolute atomic E-state index is 0.0661. The molecule has 2 aromatic carbocycles. The Kier molecular flexibility index (Phi) is 7.77. The van der Waals surface area contributed by atoms with Crippen molar-refractivity contribution in [3.8, 4) is 17.6 Å². The summed E-state index contributed by atoms with van der Waals surface area (Å²) in [6.45, 7) is 2.77. The quantitative estimate of drug-likeness (QED) is 0.598. The Bertz CT molecular complexity index is 1040. The van der Waals surface area contributed by atoms with Crippen molar-refractivity contribution in [1.29, 1.82) is 0 Å². The summed E-state index contributed by atoms with van der Waals surface area (Å²) < 4.78 is 32.3. The highest BCUT2D eigenvalue weighted by atomic mass is 32.2. The molecule has 0 fully saturated rings. The van der Waals surface area contributed by atoms with E-state index in [2.05, 4.69) is 27.2 Å². The molecule has 3 N–H and O–H groups in total. The van der Waals surface area contributed by atoms with Crippen molar-refractivity contribution in [3.05, 3.63) is 48.5 Å². The van der Waals surface area contributed by atoms with Gasteiger partial charge in [-0.1, -0.05) is 17.9 Å². The molecule has 9 heteroatoms. The molecular formula is C20H21N3O5S. The number of nitrogens with one attached hydrogen (secondary N) is 3. The highest BCUT2D eigenvalue weighted by Gasteiger charge is 2.12. The van der Waals surface area contributed by atoms with Crippen molar-refractivity contribution in [2.45, 2.75) is 18.7 Å². The van der Waals surface area contributed by atoms with Crippen LogP contribution in [0.2, 0.25) is 0 Å². The molecule has 0 atom stereocenters. The van der Waals surface area contributed by atoms with E-state index in [0.717, 1.165) is 0 Å². The van der Waals surface area contributed by atoms with E-state index in [1.165, 1.54) is 38.1 Å². The van der Waals surface area contributed by atoms with Crippen LogP contribution in [0.3, 0.4) is 0 Å². The summed E-state index contributed by atoms with van der Waals surface area (Å²) in [4.78, 5) is 22.1. The van der Waals surface area contributed by atoms with Crippen LogP contribution >= 0.6 is 0 Å². The van der Waals surface area contributed by atoms with E-state index in [1.807, 2.05) is 0 Å². The third-order valence-corrected chi connectivity index (χ3v) is 4.84. The maximum Gasteiger partial charge on any atom is 0.241 e. The molecule has 8 nitrogen and oxygen atoms in total. The van der Waals surface area contributed by atoms with Gasteiger partial charge in [-0.05, 0) is 36.4 Å². The summed E-state index contributed by atoms with van der Waals surface area (Å²) in [5.74, 6) is 5.50. The summed E-state index contributed by atoms with van der Waals surface area (Å²) >= 11 is 0. The summed E-state index contributed by atoms with van der Waals surface area (Å²) in [7, 11) is -3.71. The van der Waals surface area contributed by atoms with Gasteiger partial charge in [0.2, 0.25) is 21.8 Å². The average Bonchev–Trinajstić information content (AvgIpc) is 2.64. The van der Waals surface area contributed by atoms with Gasteiger partial charge in [0.15, 0.2) is 0 Å². The molecule has 0 heterocycles. The first-order chi connectivity index (χ1) is 13.8. The monoisotopic (exact) mass is 415 g/mol. The molecule has 2 rings (SSSR count). The van der Waals surface area contributed by atoms with E-state index < -0.39 is 10.0 Å². The molecule has 0 unspecified atom stereocenters. The normalized spacial score (nSPS) is 10.4. The van der Waals surface area contributed by atoms with Crippen LogP contribution in [-0.2, 0) is 19.6 Å². The number of sulfonamides is 1. The van der Waals surface area contributed by atoms with Crippen LogP contribution in [-0.4, -0.2) is 33.4 Å². The maximum absolute atomic E-state index is 12.2. The summed E-state index contributed by atoms with van der Waals surface area (Å²) in [5, 5.41) is 5.21. The standard InChI is InChI=1S/C20H21N3O5S/c1-15(24)22-17-8-10-20(11-9-17)29(26,27)21-12-3-4-13-28-19-7-5-6-18(14-19)23-16(2)25/h5-11,14,21H,12-13H2,1-2H3,(H,22,24)(H,23,25).